The molecule has 1 aromatic heterocycles. The summed E-state index contributed by atoms with van der Waals surface area (Å²) in [5.74, 6) is -2.73. The zero-order chi connectivity index (χ0) is 32.4. The monoisotopic (exact) mass is 636 g/mol. The van der Waals surface area contributed by atoms with Crippen LogP contribution in [0.5, 0.6) is 0 Å². The molecule has 19 heteroatoms. The fourth-order valence-electron chi connectivity index (χ4n) is 3.44. The van der Waals surface area contributed by atoms with Crippen molar-refractivity contribution in [2.45, 2.75) is 44.3 Å². The van der Waals surface area contributed by atoms with Crippen LogP contribution in [0.15, 0.2) is 42.6 Å². The Balaban J connectivity index is 1.57. The molecule has 3 rings (SSSR count). The molecule has 1 N–H and O–H groups in total. The molecule has 0 radical (unpaired) electrons. The number of amides is 1. The second-order valence-corrected chi connectivity index (χ2v) is 8.75. The fraction of sp³-hybridized carbons (Fsp3) is 0.333. The predicted octanol–water partition coefficient (Wildman–Crippen LogP) is 6.53. The number of nitrogens with zero attached hydrogens (tertiary/aromatic N) is 3. The minimum atomic E-state index is -5.18. The maximum atomic E-state index is 13.0. The molecule has 0 saturated carbocycles. The van der Waals surface area contributed by atoms with Crippen molar-refractivity contribution in [1.29, 1.82) is 0 Å². The highest BCUT2D eigenvalue weighted by molar-refractivity contribution is 5.94. The molecular weight excluding hydrogens is 620 g/mol. The Kier molecular flexibility index (Phi) is 9.35. The van der Waals surface area contributed by atoms with Crippen molar-refractivity contribution in [3.05, 3.63) is 81.7 Å². The lowest BCUT2D eigenvalue weighted by Crippen LogP contribution is -2.26. The summed E-state index contributed by atoms with van der Waals surface area (Å²) in [7, 11) is 0. The number of rotatable bonds is 8. The molecule has 0 aliphatic rings. The van der Waals surface area contributed by atoms with Crippen LogP contribution < -0.4 is 5.32 Å². The largest absolute Gasteiger partial charge is 0.455 e. The first kappa shape index (κ1) is 33.2. The molecule has 0 bridgehead atoms. The molecule has 7 nitrogen and oxygen atoms in total. The summed E-state index contributed by atoms with van der Waals surface area (Å²) in [6.45, 7) is -0.970. The molecular formula is C24H16F12N4O3. The number of benzene rings is 2. The Morgan fingerprint density at radius 1 is 0.698 bits per heavy atom. The number of aromatic nitrogens is 3. The number of carbonyl (C=O) groups excluding carboxylic acids is 2. The lowest BCUT2D eigenvalue weighted by atomic mass is 10.0. The first-order chi connectivity index (χ1) is 19.6. The topological polar surface area (TPSA) is 86.1 Å². The first-order valence-electron chi connectivity index (χ1n) is 11.6. The van der Waals surface area contributed by atoms with E-state index in [0.29, 0.717) is 0 Å². The van der Waals surface area contributed by atoms with Crippen LogP contribution in [0.25, 0.3) is 0 Å². The molecule has 0 saturated heterocycles. The molecule has 43 heavy (non-hydrogen) atoms. The third-order valence-electron chi connectivity index (χ3n) is 5.46. The Bertz CT molecular complexity index is 1410. The normalized spacial score (nSPS) is 12.7. The number of nitrogens with one attached hydrogen (secondary N) is 1. The summed E-state index contributed by atoms with van der Waals surface area (Å²) in [4.78, 5) is 24.3. The molecule has 0 fully saturated rings. The summed E-state index contributed by atoms with van der Waals surface area (Å²) >= 11 is 0. The van der Waals surface area contributed by atoms with Crippen LogP contribution in [-0.4, -0.2) is 33.4 Å². The summed E-state index contributed by atoms with van der Waals surface area (Å²) in [5.41, 5.74) is -8.76. The van der Waals surface area contributed by atoms with Gasteiger partial charge in [-0.25, -0.2) is 4.79 Å². The number of hydrogen-bond acceptors (Lipinski definition) is 5. The molecule has 2 aromatic carbocycles. The standard InChI is InChI=1S/C24H16F12N4O3/c25-21(26,27)14-4-12(5-15(8-14)22(28,29)30)19(41)37-2-1-3-40-10-18(38-39-40)11-43-20(42)13-6-16(23(31,32)33)9-17(7-13)24(34,35)36/h4-10H,1-3,11H2,(H,37,41). The number of ether oxygens (including phenoxy) is 1. The van der Waals surface area contributed by atoms with Gasteiger partial charge in [-0.2, -0.15) is 52.7 Å². The zero-order valence-electron chi connectivity index (χ0n) is 21.0. The van der Waals surface area contributed by atoms with Gasteiger partial charge < -0.3 is 10.1 Å². The van der Waals surface area contributed by atoms with Gasteiger partial charge in [0.1, 0.15) is 12.3 Å². The molecule has 0 atom stereocenters. The molecule has 234 valence electrons. The van der Waals surface area contributed by atoms with Crippen molar-refractivity contribution in [2.24, 2.45) is 0 Å². The Morgan fingerprint density at radius 2 is 1.14 bits per heavy atom. The quantitative estimate of drug-likeness (QED) is 0.173. The van der Waals surface area contributed by atoms with Crippen LogP contribution in [-0.2, 0) is 42.6 Å². The smallest absolute Gasteiger partial charge is 0.416 e. The van der Waals surface area contributed by atoms with E-state index in [1.165, 1.54) is 6.20 Å². The Labute approximate surface area is 232 Å². The second kappa shape index (κ2) is 12.1. The second-order valence-electron chi connectivity index (χ2n) is 8.75. The minimum Gasteiger partial charge on any atom is -0.455 e. The predicted molar refractivity (Wildman–Crippen MR) is 119 cm³/mol. The minimum absolute atomic E-state index is 0.0276. The van der Waals surface area contributed by atoms with E-state index < -0.39 is 76.6 Å². The maximum absolute atomic E-state index is 13.0. The van der Waals surface area contributed by atoms with Crippen molar-refractivity contribution in [3.8, 4) is 0 Å². The van der Waals surface area contributed by atoms with Gasteiger partial charge in [-0.15, -0.1) is 5.10 Å². The van der Waals surface area contributed by atoms with E-state index in [1.807, 2.05) is 0 Å². The van der Waals surface area contributed by atoms with Crippen LogP contribution in [0.3, 0.4) is 0 Å². The number of esters is 1. The third kappa shape index (κ3) is 9.08. The molecule has 0 aliphatic carbocycles. The van der Waals surface area contributed by atoms with E-state index in [-0.39, 0.29) is 61.6 Å². The van der Waals surface area contributed by atoms with E-state index in [4.69, 9.17) is 4.74 Å². The van der Waals surface area contributed by atoms with Crippen LogP contribution in [0.2, 0.25) is 0 Å². The summed E-state index contributed by atoms with van der Waals surface area (Å²) in [6.07, 6.45) is -19.5. The third-order valence-corrected chi connectivity index (χ3v) is 5.46. The Hall–Kier alpha value is -4.32. The average molecular weight is 636 g/mol. The van der Waals surface area contributed by atoms with Gasteiger partial charge in [0.15, 0.2) is 0 Å². The van der Waals surface area contributed by atoms with E-state index >= 15 is 0 Å². The number of alkyl halides is 12. The molecule has 1 heterocycles. The highest BCUT2D eigenvalue weighted by atomic mass is 19.4. The van der Waals surface area contributed by atoms with Gasteiger partial charge in [0.05, 0.1) is 34.0 Å². The highest BCUT2D eigenvalue weighted by Crippen LogP contribution is 2.37. The van der Waals surface area contributed by atoms with Crippen LogP contribution in [0, 0.1) is 0 Å². The molecule has 3 aromatic rings. The van der Waals surface area contributed by atoms with Gasteiger partial charge in [0, 0.05) is 18.7 Å². The van der Waals surface area contributed by atoms with Gasteiger partial charge in [0.2, 0.25) is 0 Å². The molecule has 1 amide bonds. The van der Waals surface area contributed by atoms with Crippen LogP contribution in [0.4, 0.5) is 52.7 Å². The number of halogens is 12. The number of aryl methyl sites for hydroxylation is 1. The van der Waals surface area contributed by atoms with Crippen molar-refractivity contribution < 1.29 is 67.0 Å². The average Bonchev–Trinajstić information content (AvgIpc) is 3.34. The van der Waals surface area contributed by atoms with Crippen LogP contribution >= 0.6 is 0 Å². The van der Waals surface area contributed by atoms with Gasteiger partial charge in [-0.3, -0.25) is 9.48 Å². The summed E-state index contributed by atoms with van der Waals surface area (Å²) in [6, 6.07) is 0.607. The lowest BCUT2D eigenvalue weighted by Gasteiger charge is -2.14. The summed E-state index contributed by atoms with van der Waals surface area (Å²) in [5, 5.41) is 9.38. The van der Waals surface area contributed by atoms with E-state index in [2.05, 4.69) is 15.6 Å². The van der Waals surface area contributed by atoms with E-state index in [1.54, 1.807) is 0 Å². The van der Waals surface area contributed by atoms with E-state index in [9.17, 15) is 62.3 Å². The van der Waals surface area contributed by atoms with E-state index in [0.717, 1.165) is 4.68 Å². The summed E-state index contributed by atoms with van der Waals surface area (Å²) < 4.78 is 162. The van der Waals surface area contributed by atoms with Crippen molar-refractivity contribution in [3.63, 3.8) is 0 Å². The zero-order valence-corrected chi connectivity index (χ0v) is 21.0. The van der Waals surface area contributed by atoms with Gasteiger partial charge in [0.25, 0.3) is 5.91 Å². The SMILES string of the molecule is O=C(NCCCn1cc(COC(=O)c2cc(C(F)(F)F)cc(C(F)(F)F)c2)nn1)c1cc(C(F)(F)F)cc(C(F)(F)F)c1. The van der Waals surface area contributed by atoms with Gasteiger partial charge in [-0.1, -0.05) is 5.21 Å². The highest BCUT2D eigenvalue weighted by Gasteiger charge is 2.39. The lowest BCUT2D eigenvalue weighted by molar-refractivity contribution is -0.144. The molecule has 0 unspecified atom stereocenters. The fourth-order valence-corrected chi connectivity index (χ4v) is 3.44. The first-order valence-corrected chi connectivity index (χ1v) is 11.6. The molecule has 0 spiro atoms. The van der Waals surface area contributed by atoms with Crippen molar-refractivity contribution >= 4 is 11.9 Å². The number of carbonyl (C=O) groups is 2. The Morgan fingerprint density at radius 3 is 1.58 bits per heavy atom. The van der Waals surface area contributed by atoms with Gasteiger partial charge >= 0.3 is 30.7 Å². The van der Waals surface area contributed by atoms with Crippen molar-refractivity contribution in [1.82, 2.24) is 20.3 Å². The van der Waals surface area contributed by atoms with Gasteiger partial charge in [-0.05, 0) is 42.8 Å². The van der Waals surface area contributed by atoms with Crippen LogP contribution in [0.1, 0.15) is 55.1 Å². The number of hydrogen-bond donors (Lipinski definition) is 1. The maximum Gasteiger partial charge on any atom is 0.416 e. The molecule has 0 aliphatic heterocycles. The van der Waals surface area contributed by atoms with Crippen molar-refractivity contribution in [2.75, 3.05) is 6.54 Å².